The molecule has 0 bridgehead atoms. The summed E-state index contributed by atoms with van der Waals surface area (Å²) in [6.45, 7) is 8.34. The Bertz CT molecular complexity index is 546. The Kier molecular flexibility index (Phi) is 3.37. The molecule has 1 atom stereocenters. The molecule has 1 aromatic carbocycles. The van der Waals surface area contributed by atoms with E-state index in [4.69, 9.17) is 4.42 Å². The van der Waals surface area contributed by atoms with Crippen molar-refractivity contribution >= 4 is 17.0 Å². The molecular formula is C16H20O. The number of benzene rings is 1. The summed E-state index contributed by atoms with van der Waals surface area (Å²) in [4.78, 5) is 0. The highest BCUT2D eigenvalue weighted by molar-refractivity contribution is 5.89. The van der Waals surface area contributed by atoms with E-state index in [2.05, 4.69) is 44.2 Å². The topological polar surface area (TPSA) is 13.1 Å². The maximum absolute atomic E-state index is 5.91. The molecule has 0 spiro atoms. The second-order valence-electron chi connectivity index (χ2n) is 4.42. The Balaban J connectivity index is 0.000000514. The molecule has 3 rings (SSSR count). The van der Waals surface area contributed by atoms with Gasteiger partial charge in [0.2, 0.25) is 0 Å². The molecule has 0 radical (unpaired) electrons. The molecule has 1 aliphatic carbocycles. The minimum atomic E-state index is 0.512. The number of hydrogen-bond donors (Lipinski definition) is 0. The highest BCUT2D eigenvalue weighted by atomic mass is 16.3. The molecule has 1 heteroatoms. The van der Waals surface area contributed by atoms with Gasteiger partial charge in [0.15, 0.2) is 0 Å². The van der Waals surface area contributed by atoms with Crippen molar-refractivity contribution in [1.82, 2.24) is 0 Å². The summed E-state index contributed by atoms with van der Waals surface area (Å²) in [6, 6.07) is 6.38. The predicted molar refractivity (Wildman–Crippen MR) is 74.4 cm³/mol. The monoisotopic (exact) mass is 228 g/mol. The maximum Gasteiger partial charge on any atom is 0.134 e. The van der Waals surface area contributed by atoms with Crippen molar-refractivity contribution in [2.75, 3.05) is 0 Å². The van der Waals surface area contributed by atoms with Crippen molar-refractivity contribution in [2.45, 2.75) is 40.0 Å². The van der Waals surface area contributed by atoms with Crippen molar-refractivity contribution in [3.63, 3.8) is 0 Å². The van der Waals surface area contributed by atoms with Crippen LogP contribution in [-0.4, -0.2) is 0 Å². The average Bonchev–Trinajstić information content (AvgIpc) is 2.72. The van der Waals surface area contributed by atoms with Gasteiger partial charge >= 0.3 is 0 Å². The fraction of sp³-hybridized carbons (Fsp3) is 0.375. The van der Waals surface area contributed by atoms with Gasteiger partial charge in [-0.2, -0.15) is 0 Å². The van der Waals surface area contributed by atoms with Crippen molar-refractivity contribution < 1.29 is 4.42 Å². The van der Waals surface area contributed by atoms with Gasteiger partial charge in [-0.3, -0.25) is 0 Å². The zero-order valence-corrected chi connectivity index (χ0v) is 11.1. The molecule has 1 aromatic heterocycles. The Morgan fingerprint density at radius 3 is 2.76 bits per heavy atom. The van der Waals surface area contributed by atoms with Crippen LogP contribution < -0.4 is 0 Å². The number of fused-ring (bicyclic) bond motifs is 3. The summed E-state index contributed by atoms with van der Waals surface area (Å²) in [7, 11) is 0. The summed E-state index contributed by atoms with van der Waals surface area (Å²) in [5.41, 5.74) is 3.59. The first-order valence-electron chi connectivity index (χ1n) is 6.45. The summed E-state index contributed by atoms with van der Waals surface area (Å²) < 4.78 is 5.91. The van der Waals surface area contributed by atoms with Crippen LogP contribution in [0, 0.1) is 6.92 Å². The summed E-state index contributed by atoms with van der Waals surface area (Å²) in [5.74, 6) is 1.66. The summed E-state index contributed by atoms with van der Waals surface area (Å²) in [5, 5.41) is 1.26. The van der Waals surface area contributed by atoms with Gasteiger partial charge in [-0.05, 0) is 25.5 Å². The molecule has 1 nitrogen and oxygen atoms in total. The number of rotatable bonds is 0. The number of allylic oxidation sites excluding steroid dienone is 1. The molecule has 0 amide bonds. The molecular weight excluding hydrogens is 208 g/mol. The van der Waals surface area contributed by atoms with Crippen molar-refractivity contribution in [3.05, 3.63) is 41.2 Å². The highest BCUT2D eigenvalue weighted by Gasteiger charge is 2.19. The molecule has 0 fully saturated rings. The lowest BCUT2D eigenvalue weighted by molar-refractivity contribution is 0.504. The quantitative estimate of drug-likeness (QED) is 0.597. The molecule has 0 aliphatic heterocycles. The van der Waals surface area contributed by atoms with Gasteiger partial charge in [0, 0.05) is 16.9 Å². The van der Waals surface area contributed by atoms with E-state index in [-0.39, 0.29) is 0 Å². The molecule has 2 aromatic rings. The zero-order chi connectivity index (χ0) is 12.4. The second-order valence-corrected chi connectivity index (χ2v) is 4.42. The van der Waals surface area contributed by atoms with E-state index in [1.807, 2.05) is 13.8 Å². The van der Waals surface area contributed by atoms with Gasteiger partial charge in [-0.25, -0.2) is 0 Å². The van der Waals surface area contributed by atoms with E-state index in [0.29, 0.717) is 5.92 Å². The average molecular weight is 228 g/mol. The SMILES string of the molecule is CC.Cc1ccc2oc3c(c2c1)C=CCC3C. The Hall–Kier alpha value is -1.50. The third kappa shape index (κ3) is 2.02. The van der Waals surface area contributed by atoms with E-state index in [1.54, 1.807) is 0 Å². The normalized spacial score (nSPS) is 17.5. The molecule has 1 aliphatic rings. The van der Waals surface area contributed by atoms with E-state index >= 15 is 0 Å². The van der Waals surface area contributed by atoms with Gasteiger partial charge in [0.25, 0.3) is 0 Å². The maximum atomic E-state index is 5.91. The van der Waals surface area contributed by atoms with Crippen LogP contribution in [0.3, 0.4) is 0 Å². The van der Waals surface area contributed by atoms with Crippen LogP contribution in [0.5, 0.6) is 0 Å². The number of hydrogen-bond acceptors (Lipinski definition) is 1. The minimum absolute atomic E-state index is 0.512. The van der Waals surface area contributed by atoms with E-state index in [1.165, 1.54) is 16.5 Å². The van der Waals surface area contributed by atoms with Gasteiger partial charge in [-0.15, -0.1) is 0 Å². The molecule has 0 saturated heterocycles. The molecule has 0 saturated carbocycles. The van der Waals surface area contributed by atoms with Gasteiger partial charge in [0.1, 0.15) is 11.3 Å². The fourth-order valence-corrected chi connectivity index (χ4v) is 2.28. The first-order valence-corrected chi connectivity index (χ1v) is 6.45. The molecule has 90 valence electrons. The second kappa shape index (κ2) is 4.79. The van der Waals surface area contributed by atoms with Crippen LogP contribution in [0.15, 0.2) is 28.7 Å². The largest absolute Gasteiger partial charge is 0.460 e. The molecule has 17 heavy (non-hydrogen) atoms. The molecule has 0 N–H and O–H groups in total. The van der Waals surface area contributed by atoms with E-state index < -0.39 is 0 Å². The lowest BCUT2D eigenvalue weighted by Gasteiger charge is -2.10. The van der Waals surface area contributed by atoms with Crippen LogP contribution in [0.4, 0.5) is 0 Å². The molecule has 1 unspecified atom stereocenters. The Labute approximate surface area is 103 Å². The fourth-order valence-electron chi connectivity index (χ4n) is 2.28. The van der Waals surface area contributed by atoms with Crippen molar-refractivity contribution in [2.24, 2.45) is 0 Å². The first kappa shape index (κ1) is 12.0. The van der Waals surface area contributed by atoms with Crippen molar-refractivity contribution in [1.29, 1.82) is 0 Å². The zero-order valence-electron chi connectivity index (χ0n) is 11.1. The number of furan rings is 1. The van der Waals surface area contributed by atoms with E-state index in [0.717, 1.165) is 17.8 Å². The van der Waals surface area contributed by atoms with Gasteiger partial charge in [-0.1, -0.05) is 44.6 Å². The van der Waals surface area contributed by atoms with E-state index in [9.17, 15) is 0 Å². The van der Waals surface area contributed by atoms with Gasteiger partial charge < -0.3 is 4.42 Å². The highest BCUT2D eigenvalue weighted by Crippen LogP contribution is 2.37. The van der Waals surface area contributed by atoms with Crippen LogP contribution in [0.1, 0.15) is 50.0 Å². The van der Waals surface area contributed by atoms with Gasteiger partial charge in [0.05, 0.1) is 0 Å². The lowest BCUT2D eigenvalue weighted by atomic mass is 9.94. The summed E-state index contributed by atoms with van der Waals surface area (Å²) in [6.07, 6.45) is 5.52. The Morgan fingerprint density at radius 2 is 2.00 bits per heavy atom. The predicted octanol–water partition coefficient (Wildman–Crippen LogP) is 5.29. The number of aryl methyl sites for hydroxylation is 1. The lowest BCUT2D eigenvalue weighted by Crippen LogP contribution is -1.95. The standard InChI is InChI=1S/C14H14O.C2H6/c1-9-6-7-13-12(8-9)11-5-3-4-10(2)14(11)15-13;1-2/h3,5-8,10H,4H2,1-2H3;1-2H3. The van der Waals surface area contributed by atoms with Crippen LogP contribution in [-0.2, 0) is 0 Å². The molecule has 1 heterocycles. The van der Waals surface area contributed by atoms with Crippen molar-refractivity contribution in [3.8, 4) is 0 Å². The summed E-state index contributed by atoms with van der Waals surface area (Å²) >= 11 is 0. The first-order chi connectivity index (χ1) is 8.25. The smallest absolute Gasteiger partial charge is 0.134 e. The Morgan fingerprint density at radius 1 is 1.24 bits per heavy atom. The van der Waals surface area contributed by atoms with Crippen LogP contribution >= 0.6 is 0 Å². The van der Waals surface area contributed by atoms with Crippen LogP contribution in [0.2, 0.25) is 0 Å². The third-order valence-electron chi connectivity index (χ3n) is 3.13. The minimum Gasteiger partial charge on any atom is -0.460 e. The van der Waals surface area contributed by atoms with Crippen LogP contribution in [0.25, 0.3) is 17.0 Å². The third-order valence-corrected chi connectivity index (χ3v) is 3.13.